The molecule has 4 unspecified atom stereocenters. The molecule has 2 heterocycles. The number of rotatable bonds is 8. The van der Waals surface area contributed by atoms with E-state index >= 15 is 0 Å². The minimum absolute atomic E-state index is 0.154. The van der Waals surface area contributed by atoms with Crippen LogP contribution in [-0.4, -0.2) is 51.9 Å². The Morgan fingerprint density at radius 3 is 2.35 bits per heavy atom. The highest BCUT2D eigenvalue weighted by Gasteiger charge is 2.68. The van der Waals surface area contributed by atoms with Gasteiger partial charge in [0.1, 0.15) is 5.54 Å². The molecule has 2 aliphatic rings. The Kier molecular flexibility index (Phi) is 6.92. The SMILES string of the molecule is C#CCN1C(=O)C2C(c3ccc(/C=C/c4ccccc4)cc3)NC(CCSC)(C(=O)O)C2C1=O. The molecule has 0 aliphatic carbocycles. The van der Waals surface area contributed by atoms with Gasteiger partial charge in [0.25, 0.3) is 0 Å². The van der Waals surface area contributed by atoms with Crippen molar-refractivity contribution in [1.82, 2.24) is 10.2 Å². The van der Waals surface area contributed by atoms with E-state index in [1.54, 1.807) is 0 Å². The number of carbonyl (C=O) groups excluding carboxylic acids is 2. The number of thioether (sulfide) groups is 1. The number of benzene rings is 2. The number of carboxylic acids is 1. The molecule has 0 spiro atoms. The fraction of sp³-hybridized carbons (Fsp3) is 0.296. The third-order valence-corrected chi connectivity index (χ3v) is 7.25. The zero-order chi connectivity index (χ0) is 24.3. The van der Waals surface area contributed by atoms with Crippen LogP contribution in [0.1, 0.15) is 29.2 Å². The molecule has 4 atom stereocenters. The lowest BCUT2D eigenvalue weighted by Gasteiger charge is -2.30. The van der Waals surface area contributed by atoms with E-state index in [1.807, 2.05) is 73.0 Å². The first-order valence-corrected chi connectivity index (χ1v) is 12.4. The molecule has 2 N–H and O–H groups in total. The number of terminal acetylenes is 1. The van der Waals surface area contributed by atoms with Gasteiger partial charge in [-0.3, -0.25) is 24.6 Å². The number of nitrogens with one attached hydrogen (secondary N) is 1. The molecule has 0 bridgehead atoms. The lowest BCUT2D eigenvalue weighted by atomic mass is 9.78. The summed E-state index contributed by atoms with van der Waals surface area (Å²) in [7, 11) is 0. The average Bonchev–Trinajstić information content (AvgIpc) is 3.33. The molecule has 2 aromatic carbocycles. The maximum atomic E-state index is 13.2. The third-order valence-electron chi connectivity index (χ3n) is 6.64. The normalized spacial score (nSPS) is 26.1. The number of nitrogens with zero attached hydrogens (tertiary/aromatic N) is 1. The monoisotopic (exact) mass is 474 g/mol. The van der Waals surface area contributed by atoms with Gasteiger partial charge in [-0.1, -0.05) is 72.7 Å². The van der Waals surface area contributed by atoms with E-state index in [0.29, 0.717) is 5.75 Å². The van der Waals surface area contributed by atoms with Gasteiger partial charge in [0.15, 0.2) is 0 Å². The van der Waals surface area contributed by atoms with Crippen molar-refractivity contribution in [2.45, 2.75) is 18.0 Å². The fourth-order valence-electron chi connectivity index (χ4n) is 4.96. The van der Waals surface area contributed by atoms with E-state index in [9.17, 15) is 19.5 Å². The summed E-state index contributed by atoms with van der Waals surface area (Å²) < 4.78 is 0. The molecular weight excluding hydrogens is 448 g/mol. The second-order valence-electron chi connectivity index (χ2n) is 8.52. The van der Waals surface area contributed by atoms with Crippen LogP contribution in [0.2, 0.25) is 0 Å². The van der Waals surface area contributed by atoms with E-state index in [0.717, 1.165) is 21.6 Å². The third kappa shape index (κ3) is 4.15. The van der Waals surface area contributed by atoms with Gasteiger partial charge in [-0.15, -0.1) is 6.42 Å². The molecule has 7 heteroatoms. The number of amides is 2. The zero-order valence-corrected chi connectivity index (χ0v) is 19.6. The second kappa shape index (κ2) is 9.88. The van der Waals surface area contributed by atoms with E-state index in [1.165, 1.54) is 11.8 Å². The Hall–Kier alpha value is -3.34. The summed E-state index contributed by atoms with van der Waals surface area (Å²) in [6.07, 6.45) is 11.5. The van der Waals surface area contributed by atoms with Crippen LogP contribution in [0, 0.1) is 24.2 Å². The van der Waals surface area contributed by atoms with Crippen molar-refractivity contribution in [2.24, 2.45) is 11.8 Å². The molecule has 4 rings (SSSR count). The first-order valence-electron chi connectivity index (χ1n) is 11.0. The molecule has 6 nitrogen and oxygen atoms in total. The molecule has 2 aromatic rings. The Labute approximate surface area is 203 Å². The molecule has 2 fully saturated rings. The number of aliphatic carboxylic acids is 1. The molecule has 174 valence electrons. The average molecular weight is 475 g/mol. The van der Waals surface area contributed by atoms with Crippen molar-refractivity contribution in [1.29, 1.82) is 0 Å². The Morgan fingerprint density at radius 2 is 1.76 bits per heavy atom. The van der Waals surface area contributed by atoms with Crippen LogP contribution < -0.4 is 5.32 Å². The van der Waals surface area contributed by atoms with Crippen LogP contribution in [0.3, 0.4) is 0 Å². The molecule has 2 saturated heterocycles. The molecule has 2 aliphatic heterocycles. The summed E-state index contributed by atoms with van der Waals surface area (Å²) in [6.45, 7) is -0.154. The number of hydrogen-bond acceptors (Lipinski definition) is 5. The van der Waals surface area contributed by atoms with Crippen LogP contribution in [0.25, 0.3) is 12.2 Å². The van der Waals surface area contributed by atoms with Crippen molar-refractivity contribution in [3.05, 3.63) is 71.3 Å². The van der Waals surface area contributed by atoms with Gasteiger partial charge < -0.3 is 5.11 Å². The maximum absolute atomic E-state index is 13.2. The van der Waals surface area contributed by atoms with Gasteiger partial charge in [0.2, 0.25) is 11.8 Å². The number of imide groups is 1. The van der Waals surface area contributed by atoms with Crippen molar-refractivity contribution in [3.63, 3.8) is 0 Å². The number of carbonyl (C=O) groups is 3. The van der Waals surface area contributed by atoms with Crippen LogP contribution in [0.4, 0.5) is 0 Å². The Balaban J connectivity index is 1.68. The summed E-state index contributed by atoms with van der Waals surface area (Å²) in [5, 5.41) is 13.4. The quantitative estimate of drug-likeness (QED) is 0.347. The highest BCUT2D eigenvalue weighted by atomic mass is 32.2. The fourth-order valence-corrected chi connectivity index (χ4v) is 5.49. The molecule has 0 radical (unpaired) electrons. The van der Waals surface area contributed by atoms with E-state index in [4.69, 9.17) is 6.42 Å². The Morgan fingerprint density at radius 1 is 1.12 bits per heavy atom. The topological polar surface area (TPSA) is 86.7 Å². The molecule has 0 aromatic heterocycles. The van der Waals surface area contributed by atoms with Crippen LogP contribution in [0.5, 0.6) is 0 Å². The smallest absolute Gasteiger partial charge is 0.324 e. The first-order chi connectivity index (χ1) is 16.4. The molecule has 34 heavy (non-hydrogen) atoms. The number of carboxylic acid groups (broad SMARTS) is 1. The van der Waals surface area contributed by atoms with Crippen molar-refractivity contribution in [3.8, 4) is 12.3 Å². The van der Waals surface area contributed by atoms with Crippen LogP contribution >= 0.6 is 11.8 Å². The highest BCUT2D eigenvalue weighted by molar-refractivity contribution is 7.98. The standard InChI is InChI=1S/C27H26N2O4S/c1-3-16-29-24(30)21-22(25(29)31)27(26(32)33,15-17-34-2)28-23(21)20-13-11-19(12-14-20)10-9-18-7-5-4-6-8-18/h1,4-14,21-23,28H,15-17H2,2H3,(H,32,33)/b10-9+. The number of fused-ring (bicyclic) bond motifs is 1. The predicted octanol–water partition coefficient (Wildman–Crippen LogP) is 3.31. The van der Waals surface area contributed by atoms with Crippen molar-refractivity contribution >= 4 is 41.7 Å². The molecule has 2 amide bonds. The number of likely N-dealkylation sites (tertiary alicyclic amines) is 1. The Bertz CT molecular complexity index is 1160. The van der Waals surface area contributed by atoms with Gasteiger partial charge in [-0.25, -0.2) is 0 Å². The summed E-state index contributed by atoms with van der Waals surface area (Å²) >= 11 is 1.50. The summed E-state index contributed by atoms with van der Waals surface area (Å²) in [5.74, 6) is -0.961. The lowest BCUT2D eigenvalue weighted by molar-refractivity contribution is -0.151. The minimum Gasteiger partial charge on any atom is -0.480 e. The van der Waals surface area contributed by atoms with Gasteiger partial charge in [0, 0.05) is 6.04 Å². The maximum Gasteiger partial charge on any atom is 0.324 e. The van der Waals surface area contributed by atoms with Crippen molar-refractivity contribution in [2.75, 3.05) is 18.6 Å². The first kappa shape index (κ1) is 23.8. The lowest BCUT2D eigenvalue weighted by Crippen LogP contribution is -2.56. The number of hydrogen-bond donors (Lipinski definition) is 2. The van der Waals surface area contributed by atoms with Gasteiger partial charge in [-0.2, -0.15) is 11.8 Å². The van der Waals surface area contributed by atoms with Crippen molar-refractivity contribution < 1.29 is 19.5 Å². The predicted molar refractivity (Wildman–Crippen MR) is 134 cm³/mol. The summed E-state index contributed by atoms with van der Waals surface area (Å²) in [4.78, 5) is 40.0. The van der Waals surface area contributed by atoms with E-state index < -0.39 is 41.2 Å². The van der Waals surface area contributed by atoms with Gasteiger partial charge >= 0.3 is 5.97 Å². The highest BCUT2D eigenvalue weighted by Crippen LogP contribution is 2.50. The van der Waals surface area contributed by atoms with Crippen LogP contribution in [-0.2, 0) is 14.4 Å². The molecular formula is C27H26N2O4S. The van der Waals surface area contributed by atoms with Gasteiger partial charge in [0.05, 0.1) is 18.4 Å². The summed E-state index contributed by atoms with van der Waals surface area (Å²) in [6, 6.07) is 16.9. The molecule has 0 saturated carbocycles. The van der Waals surface area contributed by atoms with E-state index in [2.05, 4.69) is 11.2 Å². The van der Waals surface area contributed by atoms with Crippen LogP contribution in [0.15, 0.2) is 54.6 Å². The second-order valence-corrected chi connectivity index (χ2v) is 9.51. The van der Waals surface area contributed by atoms with Gasteiger partial charge in [-0.05, 0) is 35.1 Å². The zero-order valence-electron chi connectivity index (χ0n) is 18.8. The minimum atomic E-state index is -1.53. The largest absolute Gasteiger partial charge is 0.480 e. The summed E-state index contributed by atoms with van der Waals surface area (Å²) in [5.41, 5.74) is 1.29. The van der Waals surface area contributed by atoms with E-state index in [-0.39, 0.29) is 13.0 Å².